The minimum Gasteiger partial charge on any atom is -0.362 e. The Kier molecular flexibility index (Phi) is 5.41. The Labute approximate surface area is 147 Å². The molecular weight excluding hydrogens is 321 g/mol. The van der Waals surface area contributed by atoms with Gasteiger partial charge in [0, 0.05) is 18.2 Å². The number of aromatic nitrogens is 1. The van der Waals surface area contributed by atoms with Gasteiger partial charge in [-0.15, -0.1) is 0 Å². The second-order valence-corrected chi connectivity index (χ2v) is 6.78. The van der Waals surface area contributed by atoms with Gasteiger partial charge in [0.15, 0.2) is 5.11 Å². The maximum atomic E-state index is 13.3. The molecule has 1 heterocycles. The monoisotopic (exact) mass is 343 g/mol. The number of nitrogens with zero attached hydrogens (tertiary/aromatic N) is 1. The van der Waals surface area contributed by atoms with Crippen LogP contribution in [-0.4, -0.2) is 16.6 Å². The van der Waals surface area contributed by atoms with Crippen molar-refractivity contribution in [1.82, 2.24) is 10.3 Å². The van der Waals surface area contributed by atoms with Crippen molar-refractivity contribution < 1.29 is 4.39 Å². The predicted molar refractivity (Wildman–Crippen MR) is 99.6 cm³/mol. The maximum absolute atomic E-state index is 13.3. The normalized spacial score (nSPS) is 16.4. The number of pyridine rings is 1. The van der Waals surface area contributed by atoms with Crippen molar-refractivity contribution >= 4 is 23.1 Å². The zero-order valence-corrected chi connectivity index (χ0v) is 14.4. The number of hydrogen-bond acceptors (Lipinski definition) is 2. The number of thiocarbonyl (C=S) groups is 1. The second kappa shape index (κ2) is 7.71. The van der Waals surface area contributed by atoms with Crippen LogP contribution in [0.25, 0.3) is 0 Å². The van der Waals surface area contributed by atoms with Crippen LogP contribution in [0.1, 0.15) is 37.7 Å². The van der Waals surface area contributed by atoms with Crippen LogP contribution in [0, 0.1) is 5.82 Å². The Balaban J connectivity index is 1.68. The van der Waals surface area contributed by atoms with E-state index in [1.807, 2.05) is 30.3 Å². The Morgan fingerprint density at radius 3 is 2.50 bits per heavy atom. The van der Waals surface area contributed by atoms with E-state index in [2.05, 4.69) is 15.6 Å². The van der Waals surface area contributed by atoms with Crippen LogP contribution >= 0.6 is 12.2 Å². The van der Waals surface area contributed by atoms with E-state index in [0.29, 0.717) is 5.11 Å². The summed E-state index contributed by atoms with van der Waals surface area (Å²) in [6, 6.07) is 12.6. The Bertz CT molecular complexity index is 667. The fourth-order valence-corrected chi connectivity index (χ4v) is 3.62. The lowest BCUT2D eigenvalue weighted by Gasteiger charge is -2.38. The van der Waals surface area contributed by atoms with Gasteiger partial charge in [-0.1, -0.05) is 37.5 Å². The van der Waals surface area contributed by atoms with Crippen molar-refractivity contribution in [3.8, 4) is 0 Å². The molecule has 0 aliphatic heterocycles. The highest BCUT2D eigenvalue weighted by Gasteiger charge is 2.33. The van der Waals surface area contributed by atoms with Crippen molar-refractivity contribution in [3.05, 3.63) is 60.0 Å². The number of halogens is 1. The third-order valence-electron chi connectivity index (χ3n) is 4.76. The molecule has 1 aliphatic carbocycles. The molecule has 5 heteroatoms. The fraction of sp³-hybridized carbons (Fsp3) is 0.368. The van der Waals surface area contributed by atoms with Gasteiger partial charge in [0.1, 0.15) is 11.6 Å². The van der Waals surface area contributed by atoms with Crippen LogP contribution in [0.15, 0.2) is 48.7 Å². The molecule has 126 valence electrons. The molecule has 3 nitrogen and oxygen atoms in total. The highest BCUT2D eigenvalue weighted by atomic mass is 32.1. The Hall–Kier alpha value is -2.01. The molecule has 0 spiro atoms. The number of hydrogen-bond donors (Lipinski definition) is 2. The van der Waals surface area contributed by atoms with Gasteiger partial charge in [0.2, 0.25) is 0 Å². The van der Waals surface area contributed by atoms with Gasteiger partial charge in [-0.25, -0.2) is 9.37 Å². The average Bonchev–Trinajstić information content (AvgIpc) is 2.62. The molecule has 2 N–H and O–H groups in total. The standard InChI is InChI=1S/C19H22FN3S/c20-16-9-7-15(8-10-16)19(11-3-1-4-12-19)14-22-18(24)23-17-6-2-5-13-21-17/h2,5-10,13H,1,3-4,11-12,14H2,(H2,21,22,23,24). The van der Waals surface area contributed by atoms with Gasteiger partial charge in [-0.05, 0) is 54.9 Å². The van der Waals surface area contributed by atoms with Crippen molar-refractivity contribution in [3.63, 3.8) is 0 Å². The number of benzene rings is 1. The minimum absolute atomic E-state index is 0.0157. The first-order valence-electron chi connectivity index (χ1n) is 8.40. The Morgan fingerprint density at radius 2 is 1.83 bits per heavy atom. The molecule has 0 bridgehead atoms. The molecule has 1 aliphatic rings. The zero-order chi connectivity index (χ0) is 16.8. The van der Waals surface area contributed by atoms with E-state index in [-0.39, 0.29) is 11.2 Å². The quantitative estimate of drug-likeness (QED) is 0.807. The SMILES string of the molecule is Fc1ccc(C2(CNC(=S)Nc3ccccn3)CCCCC2)cc1. The molecule has 0 amide bonds. The summed E-state index contributed by atoms with van der Waals surface area (Å²) >= 11 is 5.40. The van der Waals surface area contributed by atoms with Crippen LogP contribution in [0.3, 0.4) is 0 Å². The van der Waals surface area contributed by atoms with Crippen LogP contribution in [0.5, 0.6) is 0 Å². The van der Waals surface area contributed by atoms with Gasteiger partial charge in [0.05, 0.1) is 0 Å². The second-order valence-electron chi connectivity index (χ2n) is 6.37. The molecule has 2 aromatic rings. The third-order valence-corrected chi connectivity index (χ3v) is 5.01. The topological polar surface area (TPSA) is 37.0 Å². The van der Waals surface area contributed by atoms with Gasteiger partial charge in [-0.2, -0.15) is 0 Å². The van der Waals surface area contributed by atoms with E-state index in [4.69, 9.17) is 12.2 Å². The highest BCUT2D eigenvalue weighted by molar-refractivity contribution is 7.80. The molecule has 0 unspecified atom stereocenters. The lowest BCUT2D eigenvalue weighted by atomic mass is 9.69. The molecular formula is C19H22FN3S. The average molecular weight is 343 g/mol. The van der Waals surface area contributed by atoms with E-state index >= 15 is 0 Å². The summed E-state index contributed by atoms with van der Waals surface area (Å²) in [4.78, 5) is 4.22. The summed E-state index contributed by atoms with van der Waals surface area (Å²) in [7, 11) is 0. The van der Waals surface area contributed by atoms with Gasteiger partial charge < -0.3 is 10.6 Å². The largest absolute Gasteiger partial charge is 0.362 e. The number of anilines is 1. The van der Waals surface area contributed by atoms with Gasteiger partial charge in [-0.3, -0.25) is 0 Å². The molecule has 1 aromatic carbocycles. The first-order chi connectivity index (χ1) is 11.7. The predicted octanol–water partition coefficient (Wildman–Crippen LogP) is 4.41. The molecule has 1 fully saturated rings. The van der Waals surface area contributed by atoms with E-state index in [0.717, 1.165) is 25.2 Å². The summed E-state index contributed by atoms with van der Waals surface area (Å²) in [6.45, 7) is 0.747. The summed E-state index contributed by atoms with van der Waals surface area (Å²) in [5, 5.41) is 7.02. The van der Waals surface area contributed by atoms with Crippen LogP contribution in [0.2, 0.25) is 0 Å². The lowest BCUT2D eigenvalue weighted by Crippen LogP contribution is -2.43. The summed E-state index contributed by atoms with van der Waals surface area (Å²) in [5.74, 6) is 0.541. The molecule has 1 saturated carbocycles. The first kappa shape index (κ1) is 16.8. The van der Waals surface area contributed by atoms with E-state index in [1.54, 1.807) is 18.3 Å². The summed E-state index contributed by atoms with van der Waals surface area (Å²) in [6.07, 6.45) is 7.57. The summed E-state index contributed by atoms with van der Waals surface area (Å²) < 4.78 is 13.3. The molecule has 24 heavy (non-hydrogen) atoms. The molecule has 3 rings (SSSR count). The molecule has 0 atom stereocenters. The first-order valence-corrected chi connectivity index (χ1v) is 8.81. The van der Waals surface area contributed by atoms with E-state index < -0.39 is 0 Å². The fourth-order valence-electron chi connectivity index (χ4n) is 3.45. The van der Waals surface area contributed by atoms with Crippen molar-refractivity contribution in [1.29, 1.82) is 0 Å². The zero-order valence-electron chi connectivity index (χ0n) is 13.6. The number of nitrogens with one attached hydrogen (secondary N) is 2. The van der Waals surface area contributed by atoms with Crippen molar-refractivity contribution in [2.45, 2.75) is 37.5 Å². The number of rotatable bonds is 4. The lowest BCUT2D eigenvalue weighted by molar-refractivity contribution is 0.292. The van der Waals surface area contributed by atoms with Gasteiger partial charge >= 0.3 is 0 Å². The van der Waals surface area contributed by atoms with E-state index in [9.17, 15) is 4.39 Å². The molecule has 0 radical (unpaired) electrons. The Morgan fingerprint density at radius 1 is 1.08 bits per heavy atom. The van der Waals surface area contributed by atoms with Crippen molar-refractivity contribution in [2.75, 3.05) is 11.9 Å². The van der Waals surface area contributed by atoms with Gasteiger partial charge in [0.25, 0.3) is 0 Å². The van der Waals surface area contributed by atoms with Crippen LogP contribution in [0.4, 0.5) is 10.2 Å². The minimum atomic E-state index is -0.190. The maximum Gasteiger partial charge on any atom is 0.171 e. The van der Waals surface area contributed by atoms with Crippen molar-refractivity contribution in [2.24, 2.45) is 0 Å². The van der Waals surface area contributed by atoms with Crippen LogP contribution < -0.4 is 10.6 Å². The molecule has 1 aromatic heterocycles. The van der Waals surface area contributed by atoms with E-state index in [1.165, 1.54) is 24.8 Å². The smallest absolute Gasteiger partial charge is 0.171 e. The third kappa shape index (κ3) is 4.09. The summed E-state index contributed by atoms with van der Waals surface area (Å²) in [5.41, 5.74) is 1.21. The molecule has 0 saturated heterocycles. The van der Waals surface area contributed by atoms with Crippen LogP contribution in [-0.2, 0) is 5.41 Å². The highest BCUT2D eigenvalue weighted by Crippen LogP contribution is 2.39.